The molecule has 1 N–H and O–H groups in total. The molecule has 21 heavy (non-hydrogen) atoms. The number of aromatic nitrogens is 4. The largest absolute Gasteiger partial charge is 0.369 e. The van der Waals surface area contributed by atoms with Gasteiger partial charge in [0.1, 0.15) is 5.82 Å². The minimum absolute atomic E-state index is 0.804. The van der Waals surface area contributed by atoms with Gasteiger partial charge in [0.05, 0.1) is 11.6 Å². The second-order valence-corrected chi connectivity index (χ2v) is 5.59. The first-order valence-electron chi connectivity index (χ1n) is 7.56. The Kier molecular flexibility index (Phi) is 3.92. The Bertz CT molecular complexity index is 613. The normalized spacial score (nSPS) is 16.6. The zero-order chi connectivity index (χ0) is 14.8. The van der Waals surface area contributed by atoms with Gasteiger partial charge in [-0.15, -0.1) is 0 Å². The van der Waals surface area contributed by atoms with Crippen molar-refractivity contribution in [2.45, 2.75) is 13.3 Å². The quantitative estimate of drug-likeness (QED) is 0.904. The fourth-order valence-electron chi connectivity index (χ4n) is 2.54. The van der Waals surface area contributed by atoms with Crippen molar-refractivity contribution in [3.05, 3.63) is 6.20 Å². The van der Waals surface area contributed by atoms with Gasteiger partial charge in [-0.2, -0.15) is 15.1 Å². The van der Waals surface area contributed by atoms with Gasteiger partial charge in [-0.25, -0.2) is 0 Å². The number of anilines is 2. The Labute approximate surface area is 125 Å². The van der Waals surface area contributed by atoms with Gasteiger partial charge >= 0.3 is 0 Å². The lowest BCUT2D eigenvalue weighted by molar-refractivity contribution is 0.311. The molecule has 0 unspecified atom stereocenters. The summed E-state index contributed by atoms with van der Waals surface area (Å²) in [4.78, 5) is 14.0. The van der Waals surface area contributed by atoms with Crippen molar-refractivity contribution >= 4 is 22.8 Å². The Hall–Kier alpha value is -1.89. The van der Waals surface area contributed by atoms with E-state index in [1.165, 1.54) is 0 Å². The molecule has 3 rings (SSSR count). The average Bonchev–Trinajstić information content (AvgIpc) is 2.87. The lowest BCUT2D eigenvalue weighted by atomic mass is 10.3. The van der Waals surface area contributed by atoms with E-state index in [9.17, 15) is 0 Å². The molecule has 0 aromatic carbocycles. The van der Waals surface area contributed by atoms with E-state index in [2.05, 4.69) is 34.2 Å². The highest BCUT2D eigenvalue weighted by atomic mass is 15.4. The van der Waals surface area contributed by atoms with Crippen LogP contribution in [0.1, 0.15) is 13.3 Å². The molecule has 1 fully saturated rings. The molecule has 1 saturated heterocycles. The van der Waals surface area contributed by atoms with E-state index >= 15 is 0 Å². The standard InChI is InChI=1S/C14H23N7/c1-4-5-15-12-11-10-16-20(3)13(11)18-14(17-12)21-8-6-19(2)7-9-21/h10H,4-9H2,1-3H3,(H,15,17,18). The van der Waals surface area contributed by atoms with Gasteiger partial charge in [0.25, 0.3) is 0 Å². The Morgan fingerprint density at radius 3 is 2.62 bits per heavy atom. The maximum atomic E-state index is 4.73. The predicted molar refractivity (Wildman–Crippen MR) is 84.8 cm³/mol. The third-order valence-corrected chi connectivity index (χ3v) is 3.91. The van der Waals surface area contributed by atoms with Crippen LogP contribution in [0.2, 0.25) is 0 Å². The first-order chi connectivity index (χ1) is 10.2. The Balaban J connectivity index is 1.96. The van der Waals surface area contributed by atoms with Crippen LogP contribution in [0.25, 0.3) is 11.0 Å². The molecule has 0 radical (unpaired) electrons. The van der Waals surface area contributed by atoms with E-state index in [4.69, 9.17) is 9.97 Å². The number of hydrogen-bond donors (Lipinski definition) is 1. The molecule has 0 saturated carbocycles. The van der Waals surface area contributed by atoms with Crippen molar-refractivity contribution in [2.75, 3.05) is 50.0 Å². The van der Waals surface area contributed by atoms with Crippen LogP contribution in [0.15, 0.2) is 6.20 Å². The molecular weight excluding hydrogens is 266 g/mol. The molecule has 7 nitrogen and oxygen atoms in total. The monoisotopic (exact) mass is 289 g/mol. The van der Waals surface area contributed by atoms with Crippen LogP contribution in [-0.2, 0) is 7.05 Å². The number of likely N-dealkylation sites (N-methyl/N-ethyl adjacent to an activating group) is 1. The number of hydrogen-bond acceptors (Lipinski definition) is 6. The Morgan fingerprint density at radius 1 is 1.14 bits per heavy atom. The summed E-state index contributed by atoms with van der Waals surface area (Å²) in [5.41, 5.74) is 0.887. The number of aryl methyl sites for hydroxylation is 1. The van der Waals surface area contributed by atoms with Crippen molar-refractivity contribution in [1.82, 2.24) is 24.6 Å². The fourth-order valence-corrected chi connectivity index (χ4v) is 2.54. The van der Waals surface area contributed by atoms with E-state index < -0.39 is 0 Å². The van der Waals surface area contributed by atoms with E-state index in [1.54, 1.807) is 0 Å². The van der Waals surface area contributed by atoms with Crippen LogP contribution in [0.3, 0.4) is 0 Å². The van der Waals surface area contributed by atoms with Crippen LogP contribution >= 0.6 is 0 Å². The Morgan fingerprint density at radius 2 is 1.90 bits per heavy atom. The average molecular weight is 289 g/mol. The highest BCUT2D eigenvalue weighted by molar-refractivity contribution is 5.87. The summed E-state index contributed by atoms with van der Waals surface area (Å²) in [5.74, 6) is 1.70. The first kappa shape index (κ1) is 14.1. The molecule has 2 aromatic rings. The third kappa shape index (κ3) is 2.78. The fraction of sp³-hybridized carbons (Fsp3) is 0.643. The molecule has 0 amide bonds. The van der Waals surface area contributed by atoms with Crippen molar-refractivity contribution in [3.8, 4) is 0 Å². The minimum atomic E-state index is 0.804. The molecule has 0 atom stereocenters. The van der Waals surface area contributed by atoms with Crippen LogP contribution in [0, 0.1) is 0 Å². The smallest absolute Gasteiger partial charge is 0.229 e. The van der Waals surface area contributed by atoms with Gasteiger partial charge < -0.3 is 15.1 Å². The number of rotatable bonds is 4. The minimum Gasteiger partial charge on any atom is -0.369 e. The summed E-state index contributed by atoms with van der Waals surface area (Å²) >= 11 is 0. The van der Waals surface area contributed by atoms with Crippen LogP contribution < -0.4 is 10.2 Å². The second-order valence-electron chi connectivity index (χ2n) is 5.59. The highest BCUT2D eigenvalue weighted by Crippen LogP contribution is 2.23. The SMILES string of the molecule is CCCNc1nc(N2CCN(C)CC2)nc2c1cnn2C. The summed E-state index contributed by atoms with van der Waals surface area (Å²) in [5, 5.41) is 8.70. The second kappa shape index (κ2) is 5.85. The predicted octanol–water partition coefficient (Wildman–Crippen LogP) is 0.937. The topological polar surface area (TPSA) is 62.1 Å². The number of piperazine rings is 1. The van der Waals surface area contributed by atoms with Gasteiger partial charge in [-0.3, -0.25) is 4.68 Å². The number of nitrogens with one attached hydrogen (secondary N) is 1. The summed E-state index contributed by atoms with van der Waals surface area (Å²) in [6, 6.07) is 0. The van der Waals surface area contributed by atoms with Gasteiger partial charge in [-0.05, 0) is 13.5 Å². The zero-order valence-corrected chi connectivity index (χ0v) is 13.0. The molecule has 3 heterocycles. The zero-order valence-electron chi connectivity index (χ0n) is 13.0. The third-order valence-electron chi connectivity index (χ3n) is 3.91. The van der Waals surface area contributed by atoms with E-state index in [0.717, 1.165) is 61.9 Å². The van der Waals surface area contributed by atoms with Crippen LogP contribution in [0.4, 0.5) is 11.8 Å². The van der Waals surface area contributed by atoms with Crippen molar-refractivity contribution in [3.63, 3.8) is 0 Å². The van der Waals surface area contributed by atoms with Gasteiger partial charge in [0.2, 0.25) is 5.95 Å². The van der Waals surface area contributed by atoms with Crippen LogP contribution in [-0.4, -0.2) is 64.4 Å². The van der Waals surface area contributed by atoms with Crippen molar-refractivity contribution < 1.29 is 0 Å². The van der Waals surface area contributed by atoms with Gasteiger partial charge in [-0.1, -0.05) is 6.92 Å². The summed E-state index contributed by atoms with van der Waals surface area (Å²) < 4.78 is 1.81. The lowest BCUT2D eigenvalue weighted by Crippen LogP contribution is -2.45. The first-order valence-corrected chi connectivity index (χ1v) is 7.56. The summed E-state index contributed by atoms with van der Waals surface area (Å²) in [7, 11) is 4.07. The van der Waals surface area contributed by atoms with Crippen LogP contribution in [0.5, 0.6) is 0 Å². The number of fused-ring (bicyclic) bond motifs is 1. The highest BCUT2D eigenvalue weighted by Gasteiger charge is 2.19. The molecule has 7 heteroatoms. The maximum Gasteiger partial charge on any atom is 0.229 e. The van der Waals surface area contributed by atoms with E-state index in [0.29, 0.717) is 0 Å². The molecule has 0 aliphatic carbocycles. The lowest BCUT2D eigenvalue weighted by Gasteiger charge is -2.32. The number of nitrogens with zero attached hydrogens (tertiary/aromatic N) is 6. The van der Waals surface area contributed by atoms with Crippen molar-refractivity contribution in [2.24, 2.45) is 7.05 Å². The molecule has 0 spiro atoms. The molecular formula is C14H23N7. The van der Waals surface area contributed by atoms with Crippen molar-refractivity contribution in [1.29, 1.82) is 0 Å². The summed E-state index contributed by atoms with van der Waals surface area (Å²) in [6.07, 6.45) is 2.90. The van der Waals surface area contributed by atoms with E-state index in [-0.39, 0.29) is 0 Å². The maximum absolute atomic E-state index is 4.73. The molecule has 0 bridgehead atoms. The van der Waals surface area contributed by atoms with Gasteiger partial charge in [0, 0.05) is 39.8 Å². The van der Waals surface area contributed by atoms with E-state index in [1.807, 2.05) is 17.9 Å². The molecule has 1 aliphatic heterocycles. The molecule has 114 valence electrons. The van der Waals surface area contributed by atoms with Gasteiger partial charge in [0.15, 0.2) is 5.65 Å². The molecule has 2 aromatic heterocycles. The molecule has 1 aliphatic rings. The summed E-state index contributed by atoms with van der Waals surface area (Å²) in [6.45, 7) is 7.08.